The molecule has 1 nitrogen and oxygen atoms in total. The Morgan fingerprint density at radius 1 is 1.55 bits per heavy atom. The molecule has 0 radical (unpaired) electrons. The van der Waals surface area contributed by atoms with E-state index in [2.05, 4.69) is 15.9 Å². The Kier molecular flexibility index (Phi) is 2.88. The molecule has 0 aliphatic heterocycles. The second kappa shape index (κ2) is 3.72. The Labute approximate surface area is 73.3 Å². The minimum atomic E-state index is -0.509. The van der Waals surface area contributed by atoms with Crippen LogP contribution in [0.1, 0.15) is 5.56 Å². The summed E-state index contributed by atoms with van der Waals surface area (Å²) in [6.07, 6.45) is 0. The van der Waals surface area contributed by atoms with Gasteiger partial charge in [0, 0.05) is 10.0 Å². The Morgan fingerprint density at radius 2 is 2.27 bits per heavy atom. The van der Waals surface area contributed by atoms with Crippen molar-refractivity contribution in [2.75, 3.05) is 7.11 Å². The van der Waals surface area contributed by atoms with Crippen molar-refractivity contribution in [2.45, 2.75) is 6.67 Å². The van der Waals surface area contributed by atoms with Crippen molar-refractivity contribution in [2.24, 2.45) is 0 Å². The quantitative estimate of drug-likeness (QED) is 0.742. The zero-order valence-corrected chi connectivity index (χ0v) is 7.69. The zero-order valence-electron chi connectivity index (χ0n) is 6.10. The van der Waals surface area contributed by atoms with Crippen molar-refractivity contribution in [3.63, 3.8) is 0 Å². The molecule has 0 bridgehead atoms. The van der Waals surface area contributed by atoms with Gasteiger partial charge in [-0.1, -0.05) is 22.0 Å². The van der Waals surface area contributed by atoms with Crippen LogP contribution in [-0.4, -0.2) is 7.11 Å². The largest absolute Gasteiger partial charge is 0.496 e. The Hall–Kier alpha value is -0.570. The van der Waals surface area contributed by atoms with Crippen molar-refractivity contribution in [3.05, 3.63) is 28.2 Å². The number of rotatable bonds is 2. The summed E-state index contributed by atoms with van der Waals surface area (Å²) in [6.45, 7) is -0.509. The van der Waals surface area contributed by atoms with E-state index in [-0.39, 0.29) is 0 Å². The van der Waals surface area contributed by atoms with E-state index in [9.17, 15) is 4.39 Å². The first-order chi connectivity index (χ1) is 5.29. The third kappa shape index (κ3) is 1.71. The van der Waals surface area contributed by atoms with E-state index in [0.29, 0.717) is 11.3 Å². The number of hydrogen-bond donors (Lipinski definition) is 0. The van der Waals surface area contributed by atoms with Crippen LogP contribution >= 0.6 is 15.9 Å². The summed E-state index contributed by atoms with van der Waals surface area (Å²) in [6, 6.07) is 5.33. The van der Waals surface area contributed by atoms with Crippen LogP contribution < -0.4 is 4.74 Å². The summed E-state index contributed by atoms with van der Waals surface area (Å²) in [7, 11) is 1.53. The molecular formula is C8H8BrFO. The topological polar surface area (TPSA) is 9.23 Å². The van der Waals surface area contributed by atoms with Crippen LogP contribution in [0.3, 0.4) is 0 Å². The fraction of sp³-hybridized carbons (Fsp3) is 0.250. The molecule has 0 amide bonds. The average molecular weight is 219 g/mol. The SMILES string of the molecule is COc1cccc(Br)c1CF. The maximum Gasteiger partial charge on any atom is 0.125 e. The zero-order chi connectivity index (χ0) is 8.27. The summed E-state index contributed by atoms with van der Waals surface area (Å²) in [5, 5.41) is 0. The lowest BCUT2D eigenvalue weighted by molar-refractivity contribution is 0.393. The summed E-state index contributed by atoms with van der Waals surface area (Å²) >= 11 is 3.23. The molecule has 0 heterocycles. The molecule has 3 heteroatoms. The van der Waals surface area contributed by atoms with Gasteiger partial charge < -0.3 is 4.74 Å². The van der Waals surface area contributed by atoms with Crippen LogP contribution in [0.2, 0.25) is 0 Å². The molecule has 0 N–H and O–H groups in total. The van der Waals surface area contributed by atoms with Gasteiger partial charge in [0.15, 0.2) is 0 Å². The minimum absolute atomic E-state index is 0.509. The normalized spacial score (nSPS) is 9.73. The van der Waals surface area contributed by atoms with Crippen molar-refractivity contribution >= 4 is 15.9 Å². The van der Waals surface area contributed by atoms with E-state index >= 15 is 0 Å². The second-order valence-electron chi connectivity index (χ2n) is 2.05. The molecule has 0 unspecified atom stereocenters. The van der Waals surface area contributed by atoms with Crippen LogP contribution in [-0.2, 0) is 6.67 Å². The van der Waals surface area contributed by atoms with Crippen LogP contribution in [0.25, 0.3) is 0 Å². The van der Waals surface area contributed by atoms with Gasteiger partial charge in [0.05, 0.1) is 7.11 Å². The molecule has 0 saturated carbocycles. The number of alkyl halides is 1. The Morgan fingerprint density at radius 3 is 2.73 bits per heavy atom. The third-order valence-corrected chi connectivity index (χ3v) is 2.17. The van der Waals surface area contributed by atoms with E-state index in [1.165, 1.54) is 7.11 Å². The maximum absolute atomic E-state index is 12.3. The van der Waals surface area contributed by atoms with Crippen molar-refractivity contribution < 1.29 is 9.13 Å². The van der Waals surface area contributed by atoms with Gasteiger partial charge in [0.2, 0.25) is 0 Å². The highest BCUT2D eigenvalue weighted by atomic mass is 79.9. The highest BCUT2D eigenvalue weighted by molar-refractivity contribution is 9.10. The lowest BCUT2D eigenvalue weighted by Crippen LogP contribution is -1.89. The average Bonchev–Trinajstić information content (AvgIpc) is 2.04. The molecule has 0 saturated heterocycles. The molecule has 0 atom stereocenters. The third-order valence-electron chi connectivity index (χ3n) is 1.43. The number of halogens is 2. The Balaban J connectivity index is 3.13. The fourth-order valence-corrected chi connectivity index (χ4v) is 1.31. The Bertz CT molecular complexity index is 250. The smallest absolute Gasteiger partial charge is 0.125 e. The van der Waals surface area contributed by atoms with Crippen LogP contribution in [0.15, 0.2) is 22.7 Å². The first-order valence-electron chi connectivity index (χ1n) is 3.17. The van der Waals surface area contributed by atoms with Crippen molar-refractivity contribution in [1.29, 1.82) is 0 Å². The lowest BCUT2D eigenvalue weighted by atomic mass is 10.2. The first kappa shape index (κ1) is 8.53. The first-order valence-corrected chi connectivity index (χ1v) is 3.96. The van der Waals surface area contributed by atoms with Gasteiger partial charge in [-0.15, -0.1) is 0 Å². The molecule has 1 aromatic carbocycles. The highest BCUT2D eigenvalue weighted by Crippen LogP contribution is 2.26. The van der Waals surface area contributed by atoms with E-state index < -0.39 is 6.67 Å². The van der Waals surface area contributed by atoms with E-state index in [4.69, 9.17) is 4.74 Å². The van der Waals surface area contributed by atoms with Crippen LogP contribution in [0, 0.1) is 0 Å². The molecule has 11 heavy (non-hydrogen) atoms. The fourth-order valence-electron chi connectivity index (χ4n) is 0.860. The van der Waals surface area contributed by atoms with E-state index in [1.807, 2.05) is 6.07 Å². The summed E-state index contributed by atoms with van der Waals surface area (Å²) in [5.74, 6) is 0.585. The predicted molar refractivity (Wildman–Crippen MR) is 45.5 cm³/mol. The molecule has 0 aliphatic rings. The molecular weight excluding hydrogens is 211 g/mol. The van der Waals surface area contributed by atoms with Gasteiger partial charge >= 0.3 is 0 Å². The van der Waals surface area contributed by atoms with E-state index in [0.717, 1.165) is 4.47 Å². The highest BCUT2D eigenvalue weighted by Gasteiger charge is 2.04. The molecule has 60 valence electrons. The van der Waals surface area contributed by atoms with Gasteiger partial charge in [0.25, 0.3) is 0 Å². The van der Waals surface area contributed by atoms with Crippen molar-refractivity contribution in [1.82, 2.24) is 0 Å². The standard InChI is InChI=1S/C8H8BrFO/c1-11-8-4-2-3-7(9)6(8)5-10/h2-4H,5H2,1H3. The summed E-state index contributed by atoms with van der Waals surface area (Å²) in [4.78, 5) is 0. The maximum atomic E-state index is 12.3. The number of methoxy groups -OCH3 is 1. The molecule has 0 spiro atoms. The van der Waals surface area contributed by atoms with Crippen molar-refractivity contribution in [3.8, 4) is 5.75 Å². The number of benzene rings is 1. The van der Waals surface area contributed by atoms with Gasteiger partial charge in [-0.3, -0.25) is 0 Å². The molecule has 1 rings (SSSR count). The van der Waals surface area contributed by atoms with E-state index in [1.54, 1.807) is 12.1 Å². The number of hydrogen-bond acceptors (Lipinski definition) is 1. The molecule has 0 aromatic heterocycles. The summed E-state index contributed by atoms with van der Waals surface area (Å²) in [5.41, 5.74) is 0.565. The van der Waals surface area contributed by atoms with Crippen LogP contribution in [0.5, 0.6) is 5.75 Å². The molecule has 0 fully saturated rings. The monoisotopic (exact) mass is 218 g/mol. The minimum Gasteiger partial charge on any atom is -0.496 e. The van der Waals surface area contributed by atoms with Gasteiger partial charge in [-0.25, -0.2) is 4.39 Å². The summed E-state index contributed by atoms with van der Waals surface area (Å²) < 4.78 is 18.0. The molecule has 0 aliphatic carbocycles. The lowest BCUT2D eigenvalue weighted by Gasteiger charge is -2.05. The molecule has 1 aromatic rings. The van der Waals surface area contributed by atoms with Gasteiger partial charge in [0.1, 0.15) is 12.4 Å². The second-order valence-corrected chi connectivity index (χ2v) is 2.91. The van der Waals surface area contributed by atoms with Gasteiger partial charge in [-0.05, 0) is 12.1 Å². The van der Waals surface area contributed by atoms with Gasteiger partial charge in [-0.2, -0.15) is 0 Å². The predicted octanol–water partition coefficient (Wildman–Crippen LogP) is 2.93. The van der Waals surface area contributed by atoms with Crippen LogP contribution in [0.4, 0.5) is 4.39 Å². The number of ether oxygens (including phenoxy) is 1.